The van der Waals surface area contributed by atoms with Gasteiger partial charge >= 0.3 is 0 Å². The quantitative estimate of drug-likeness (QED) is 0.523. The molecule has 0 aliphatic heterocycles. The predicted octanol–water partition coefficient (Wildman–Crippen LogP) is 0.761. The number of amides is 1. The largest absolute Gasteiger partial charge is 0.366 e. The number of aromatic amines is 1. The van der Waals surface area contributed by atoms with E-state index in [-0.39, 0.29) is 30.4 Å². The molecule has 0 saturated heterocycles. The lowest BCUT2D eigenvalue weighted by Gasteiger charge is -2.18. The summed E-state index contributed by atoms with van der Waals surface area (Å²) in [5.41, 5.74) is 8.24. The van der Waals surface area contributed by atoms with Crippen LogP contribution in [0.5, 0.6) is 0 Å². The van der Waals surface area contributed by atoms with Crippen LogP contribution in [0.2, 0.25) is 0 Å². The summed E-state index contributed by atoms with van der Waals surface area (Å²) in [6.07, 6.45) is 0.134. The highest BCUT2D eigenvalue weighted by atomic mass is 16.2. The molecule has 3 aromatic heterocycles. The first-order chi connectivity index (χ1) is 13.8. The number of nitrogens with zero attached hydrogens (tertiary/aromatic N) is 6. The zero-order chi connectivity index (χ0) is 20.7. The molecule has 0 bridgehead atoms. The number of carbonyl (C=O) groups is 1. The van der Waals surface area contributed by atoms with Gasteiger partial charge in [-0.25, -0.2) is 9.97 Å². The number of anilines is 1. The lowest BCUT2D eigenvalue weighted by molar-refractivity contribution is -0.129. The van der Waals surface area contributed by atoms with Crippen LogP contribution in [0.3, 0.4) is 0 Å². The van der Waals surface area contributed by atoms with Crippen LogP contribution in [0.1, 0.15) is 22.8 Å². The van der Waals surface area contributed by atoms with Gasteiger partial charge in [-0.1, -0.05) is 12.1 Å². The van der Waals surface area contributed by atoms with Gasteiger partial charge < -0.3 is 15.6 Å². The van der Waals surface area contributed by atoms with Crippen molar-refractivity contribution >= 4 is 28.5 Å². The van der Waals surface area contributed by atoms with E-state index in [2.05, 4.69) is 25.0 Å². The van der Waals surface area contributed by atoms with Crippen molar-refractivity contribution < 1.29 is 4.79 Å². The van der Waals surface area contributed by atoms with Gasteiger partial charge in [0.15, 0.2) is 0 Å². The number of H-pyrrole nitrogens is 1. The summed E-state index contributed by atoms with van der Waals surface area (Å²) in [6, 6.07) is 7.09. The van der Waals surface area contributed by atoms with E-state index < -0.39 is 0 Å². The Hall–Kier alpha value is -3.82. The average molecular weight is 392 g/mol. The summed E-state index contributed by atoms with van der Waals surface area (Å²) in [6.45, 7) is 3.85. The molecule has 148 valence electrons. The Labute approximate surface area is 165 Å². The fourth-order valence-electron chi connectivity index (χ4n) is 3.29. The first kappa shape index (κ1) is 18.5. The van der Waals surface area contributed by atoms with Gasteiger partial charge in [-0.2, -0.15) is 9.50 Å². The van der Waals surface area contributed by atoms with Crippen LogP contribution in [-0.2, 0) is 17.8 Å². The number of nitrogens with two attached hydrogens (primary N) is 1. The highest BCUT2D eigenvalue weighted by Gasteiger charge is 2.18. The molecule has 0 atom stereocenters. The fraction of sp³-hybridized carbons (Fsp3) is 0.263. The number of nitrogens with one attached hydrogen (secondary N) is 1. The van der Waals surface area contributed by atoms with Crippen LogP contribution in [0.4, 0.5) is 5.95 Å². The van der Waals surface area contributed by atoms with Crippen LogP contribution in [0, 0.1) is 13.8 Å². The summed E-state index contributed by atoms with van der Waals surface area (Å²) < 4.78 is 1.54. The summed E-state index contributed by atoms with van der Waals surface area (Å²) in [5, 5.41) is 4.64. The Morgan fingerprint density at radius 1 is 1.21 bits per heavy atom. The highest BCUT2D eigenvalue weighted by molar-refractivity contribution is 5.79. The standard InChI is InChI=1S/C19H20N8O2/c1-10-13(11(2)27-19(21-10)24-18(20)25-27)8-16(28)26(3)9-15-22-14-7-5-4-6-12(14)17(29)23-15/h4-7H,8-9H2,1-3H3,(H2,20,25)(H,22,23,29). The van der Waals surface area contributed by atoms with Crippen LogP contribution < -0.4 is 11.3 Å². The average Bonchev–Trinajstić information content (AvgIpc) is 3.05. The molecule has 0 spiro atoms. The van der Waals surface area contributed by atoms with Crippen molar-refractivity contribution in [2.75, 3.05) is 12.8 Å². The second kappa shape index (κ2) is 6.97. The monoisotopic (exact) mass is 392 g/mol. The van der Waals surface area contributed by atoms with Crippen molar-refractivity contribution in [2.45, 2.75) is 26.8 Å². The van der Waals surface area contributed by atoms with E-state index in [1.54, 1.807) is 25.2 Å². The van der Waals surface area contributed by atoms with E-state index in [4.69, 9.17) is 5.73 Å². The summed E-state index contributed by atoms with van der Waals surface area (Å²) in [4.78, 5) is 42.2. The van der Waals surface area contributed by atoms with Gasteiger partial charge in [0.2, 0.25) is 11.9 Å². The Kier molecular flexibility index (Phi) is 4.45. The number of aryl methyl sites for hydroxylation is 2. The molecule has 0 aliphatic carbocycles. The number of para-hydroxylation sites is 1. The van der Waals surface area contributed by atoms with Gasteiger partial charge in [0.25, 0.3) is 11.3 Å². The predicted molar refractivity (Wildman–Crippen MR) is 107 cm³/mol. The van der Waals surface area contributed by atoms with Crippen molar-refractivity contribution in [3.8, 4) is 0 Å². The molecule has 0 saturated carbocycles. The van der Waals surface area contributed by atoms with Crippen LogP contribution in [-0.4, -0.2) is 47.4 Å². The van der Waals surface area contributed by atoms with E-state index in [9.17, 15) is 9.59 Å². The zero-order valence-corrected chi connectivity index (χ0v) is 16.3. The Morgan fingerprint density at radius 2 is 1.97 bits per heavy atom. The molecular formula is C19H20N8O2. The molecule has 1 amide bonds. The third kappa shape index (κ3) is 3.40. The number of aromatic nitrogens is 6. The maximum Gasteiger partial charge on any atom is 0.258 e. The number of carbonyl (C=O) groups excluding carboxylic acids is 1. The number of hydrogen-bond donors (Lipinski definition) is 2. The van der Waals surface area contributed by atoms with Gasteiger partial charge in [-0.3, -0.25) is 9.59 Å². The van der Waals surface area contributed by atoms with Gasteiger partial charge in [-0.05, 0) is 26.0 Å². The third-order valence-corrected chi connectivity index (χ3v) is 4.87. The van der Waals surface area contributed by atoms with Crippen molar-refractivity contribution in [3.63, 3.8) is 0 Å². The van der Waals surface area contributed by atoms with Crippen molar-refractivity contribution in [3.05, 3.63) is 57.4 Å². The number of likely N-dealkylation sites (N-methyl/N-ethyl adjacent to an activating group) is 1. The van der Waals surface area contributed by atoms with Crippen LogP contribution in [0.25, 0.3) is 16.7 Å². The maximum absolute atomic E-state index is 12.8. The normalized spacial score (nSPS) is 11.3. The molecule has 0 fully saturated rings. The third-order valence-electron chi connectivity index (χ3n) is 4.87. The molecule has 0 radical (unpaired) electrons. The first-order valence-corrected chi connectivity index (χ1v) is 9.03. The SMILES string of the molecule is Cc1nc2nc(N)nn2c(C)c1CC(=O)N(C)Cc1nc2ccccc2c(=O)[nH]1. The number of nitrogen functional groups attached to an aromatic ring is 1. The molecule has 0 unspecified atom stereocenters. The maximum atomic E-state index is 12.8. The highest BCUT2D eigenvalue weighted by Crippen LogP contribution is 2.16. The minimum absolute atomic E-state index is 0.131. The van der Waals surface area contributed by atoms with E-state index in [0.29, 0.717) is 28.2 Å². The smallest absolute Gasteiger partial charge is 0.258 e. The van der Waals surface area contributed by atoms with Crippen molar-refractivity contribution in [1.29, 1.82) is 0 Å². The Morgan fingerprint density at radius 3 is 2.76 bits per heavy atom. The van der Waals surface area contributed by atoms with Gasteiger partial charge in [0.05, 0.1) is 23.9 Å². The molecule has 10 heteroatoms. The minimum Gasteiger partial charge on any atom is -0.366 e. The van der Waals surface area contributed by atoms with Crippen LogP contribution >= 0.6 is 0 Å². The van der Waals surface area contributed by atoms with E-state index in [0.717, 1.165) is 11.3 Å². The number of fused-ring (bicyclic) bond motifs is 2. The van der Waals surface area contributed by atoms with Crippen molar-refractivity contribution in [1.82, 2.24) is 34.4 Å². The second-order valence-corrected chi connectivity index (χ2v) is 6.90. The molecular weight excluding hydrogens is 372 g/mol. The van der Waals surface area contributed by atoms with Gasteiger partial charge in [0, 0.05) is 24.0 Å². The molecule has 0 aliphatic rings. The van der Waals surface area contributed by atoms with Gasteiger partial charge in [-0.15, -0.1) is 5.10 Å². The molecule has 4 rings (SSSR count). The molecule has 3 N–H and O–H groups in total. The number of benzene rings is 1. The summed E-state index contributed by atoms with van der Waals surface area (Å²) in [5.74, 6) is 0.823. The number of hydrogen-bond acceptors (Lipinski definition) is 7. The number of rotatable bonds is 4. The van der Waals surface area contributed by atoms with Crippen LogP contribution in [0.15, 0.2) is 29.1 Å². The van der Waals surface area contributed by atoms with E-state index >= 15 is 0 Å². The van der Waals surface area contributed by atoms with Gasteiger partial charge in [0.1, 0.15) is 5.82 Å². The fourth-order valence-corrected chi connectivity index (χ4v) is 3.29. The molecule has 1 aromatic carbocycles. The first-order valence-electron chi connectivity index (χ1n) is 9.03. The minimum atomic E-state index is -0.225. The molecule has 29 heavy (non-hydrogen) atoms. The lowest BCUT2D eigenvalue weighted by atomic mass is 10.1. The topological polar surface area (TPSA) is 135 Å². The summed E-state index contributed by atoms with van der Waals surface area (Å²) in [7, 11) is 1.67. The van der Waals surface area contributed by atoms with E-state index in [1.807, 2.05) is 19.9 Å². The van der Waals surface area contributed by atoms with E-state index in [1.165, 1.54) is 9.42 Å². The lowest BCUT2D eigenvalue weighted by Crippen LogP contribution is -2.30. The Balaban J connectivity index is 1.58. The molecule has 4 aromatic rings. The van der Waals surface area contributed by atoms with Crippen molar-refractivity contribution in [2.24, 2.45) is 0 Å². The zero-order valence-electron chi connectivity index (χ0n) is 16.3. The Bertz CT molecular complexity index is 1310. The molecule has 3 heterocycles. The molecule has 10 nitrogen and oxygen atoms in total. The second-order valence-electron chi connectivity index (χ2n) is 6.90. The summed E-state index contributed by atoms with van der Waals surface area (Å²) >= 11 is 0.